The molecule has 1 aromatic heterocycles. The SMILES string of the molecule is CC1C(=O)N(C)CN1C(=O)Cc1csc(COc2ccccc2)n1. The summed E-state index contributed by atoms with van der Waals surface area (Å²) in [5.74, 6) is 0.678. The molecule has 1 aliphatic heterocycles. The Morgan fingerprint density at radius 2 is 2.12 bits per heavy atom. The van der Waals surface area contributed by atoms with Crippen LogP contribution in [0.4, 0.5) is 0 Å². The molecule has 1 fully saturated rings. The second-order valence-electron chi connectivity index (χ2n) is 5.73. The van der Waals surface area contributed by atoms with E-state index in [0.717, 1.165) is 10.8 Å². The Hall–Kier alpha value is -2.41. The number of carbonyl (C=O) groups excluding carboxylic acids is 2. The maximum atomic E-state index is 12.4. The van der Waals surface area contributed by atoms with Gasteiger partial charge in [0.25, 0.3) is 0 Å². The van der Waals surface area contributed by atoms with E-state index >= 15 is 0 Å². The lowest BCUT2D eigenvalue weighted by atomic mass is 10.2. The molecule has 1 unspecified atom stereocenters. The second kappa shape index (κ2) is 7.00. The van der Waals surface area contributed by atoms with Crippen molar-refractivity contribution < 1.29 is 14.3 Å². The average Bonchev–Trinajstić information content (AvgIpc) is 3.14. The number of benzene rings is 1. The Bertz CT molecular complexity index is 732. The molecule has 2 heterocycles. The fourth-order valence-electron chi connectivity index (χ4n) is 2.58. The van der Waals surface area contributed by atoms with E-state index in [1.807, 2.05) is 35.7 Å². The molecule has 1 aromatic carbocycles. The van der Waals surface area contributed by atoms with Crippen LogP contribution in [0.2, 0.25) is 0 Å². The van der Waals surface area contributed by atoms with Gasteiger partial charge < -0.3 is 14.5 Å². The molecular weight excluding hydrogens is 326 g/mol. The number of likely N-dealkylation sites (N-methyl/N-ethyl adjacent to an activating group) is 1. The van der Waals surface area contributed by atoms with E-state index in [0.29, 0.717) is 19.0 Å². The number of aromatic nitrogens is 1. The van der Waals surface area contributed by atoms with Crippen molar-refractivity contribution in [2.75, 3.05) is 13.7 Å². The molecule has 6 nitrogen and oxygen atoms in total. The van der Waals surface area contributed by atoms with Crippen LogP contribution < -0.4 is 4.74 Å². The minimum Gasteiger partial charge on any atom is -0.486 e. The molecule has 0 bridgehead atoms. The third kappa shape index (κ3) is 3.56. The van der Waals surface area contributed by atoms with Crippen molar-refractivity contribution in [1.29, 1.82) is 0 Å². The topological polar surface area (TPSA) is 62.7 Å². The summed E-state index contributed by atoms with van der Waals surface area (Å²) >= 11 is 1.47. The van der Waals surface area contributed by atoms with Crippen molar-refractivity contribution in [3.8, 4) is 5.75 Å². The van der Waals surface area contributed by atoms with Gasteiger partial charge in [0.15, 0.2) is 0 Å². The summed E-state index contributed by atoms with van der Waals surface area (Å²) in [4.78, 5) is 31.8. The van der Waals surface area contributed by atoms with E-state index in [2.05, 4.69) is 4.98 Å². The van der Waals surface area contributed by atoms with Gasteiger partial charge >= 0.3 is 0 Å². The summed E-state index contributed by atoms with van der Waals surface area (Å²) in [7, 11) is 1.70. The number of ether oxygens (including phenoxy) is 1. The van der Waals surface area contributed by atoms with Crippen LogP contribution >= 0.6 is 11.3 Å². The van der Waals surface area contributed by atoms with Crippen LogP contribution in [-0.4, -0.2) is 46.4 Å². The highest BCUT2D eigenvalue weighted by Crippen LogP contribution is 2.18. The zero-order valence-electron chi connectivity index (χ0n) is 13.6. The molecule has 2 aromatic rings. The van der Waals surface area contributed by atoms with Gasteiger partial charge in [-0.05, 0) is 19.1 Å². The summed E-state index contributed by atoms with van der Waals surface area (Å²) < 4.78 is 5.66. The van der Waals surface area contributed by atoms with E-state index in [9.17, 15) is 9.59 Å². The zero-order valence-corrected chi connectivity index (χ0v) is 14.5. The first-order valence-electron chi connectivity index (χ1n) is 7.70. The number of hydrogen-bond donors (Lipinski definition) is 0. The molecule has 1 atom stereocenters. The predicted molar refractivity (Wildman–Crippen MR) is 90.5 cm³/mol. The fraction of sp³-hybridized carbons (Fsp3) is 0.353. The molecule has 0 saturated carbocycles. The molecule has 2 amide bonds. The molecule has 0 radical (unpaired) electrons. The first-order valence-corrected chi connectivity index (χ1v) is 8.58. The highest BCUT2D eigenvalue weighted by atomic mass is 32.1. The lowest BCUT2D eigenvalue weighted by Gasteiger charge is -2.18. The number of thiazole rings is 1. The van der Waals surface area contributed by atoms with Gasteiger partial charge in [-0.1, -0.05) is 18.2 Å². The molecule has 3 rings (SSSR count). The maximum Gasteiger partial charge on any atom is 0.246 e. The van der Waals surface area contributed by atoms with E-state index in [1.54, 1.807) is 23.8 Å². The summed E-state index contributed by atoms with van der Waals surface area (Å²) in [6.45, 7) is 2.47. The van der Waals surface area contributed by atoms with Crippen molar-refractivity contribution in [3.05, 3.63) is 46.4 Å². The molecule has 1 aliphatic rings. The van der Waals surface area contributed by atoms with Gasteiger partial charge in [0.05, 0.1) is 18.8 Å². The molecule has 0 N–H and O–H groups in total. The van der Waals surface area contributed by atoms with Crippen molar-refractivity contribution >= 4 is 23.2 Å². The normalized spacial score (nSPS) is 17.4. The van der Waals surface area contributed by atoms with Crippen molar-refractivity contribution in [2.45, 2.75) is 26.0 Å². The quantitative estimate of drug-likeness (QED) is 0.830. The number of carbonyl (C=O) groups is 2. The number of rotatable bonds is 5. The Morgan fingerprint density at radius 1 is 1.38 bits per heavy atom. The Balaban J connectivity index is 1.56. The summed E-state index contributed by atoms with van der Waals surface area (Å²) in [5.41, 5.74) is 0.714. The van der Waals surface area contributed by atoms with Gasteiger partial charge in [0.1, 0.15) is 23.4 Å². The van der Waals surface area contributed by atoms with Gasteiger partial charge in [-0.25, -0.2) is 4.98 Å². The lowest BCUT2D eigenvalue weighted by Crippen LogP contribution is -2.37. The number of amides is 2. The Kier molecular flexibility index (Phi) is 4.80. The second-order valence-corrected chi connectivity index (χ2v) is 6.67. The third-order valence-electron chi connectivity index (χ3n) is 3.92. The van der Waals surface area contributed by atoms with Crippen LogP contribution in [-0.2, 0) is 22.6 Å². The van der Waals surface area contributed by atoms with Crippen molar-refractivity contribution in [1.82, 2.24) is 14.8 Å². The predicted octanol–water partition coefficient (Wildman–Crippen LogP) is 1.91. The highest BCUT2D eigenvalue weighted by Gasteiger charge is 2.35. The molecule has 0 aliphatic carbocycles. The molecule has 1 saturated heterocycles. The first-order chi connectivity index (χ1) is 11.5. The maximum absolute atomic E-state index is 12.4. The van der Waals surface area contributed by atoms with Crippen molar-refractivity contribution in [3.63, 3.8) is 0 Å². The number of nitrogens with zero attached hydrogens (tertiary/aromatic N) is 3. The van der Waals surface area contributed by atoms with Gasteiger partial charge in [-0.2, -0.15) is 0 Å². The van der Waals surface area contributed by atoms with Gasteiger partial charge in [0.2, 0.25) is 11.8 Å². The zero-order chi connectivity index (χ0) is 17.1. The minimum atomic E-state index is -0.401. The van der Waals surface area contributed by atoms with Crippen molar-refractivity contribution in [2.24, 2.45) is 0 Å². The van der Waals surface area contributed by atoms with Crippen LogP contribution in [0, 0.1) is 0 Å². The van der Waals surface area contributed by atoms with Gasteiger partial charge in [-0.3, -0.25) is 9.59 Å². The Labute approximate surface area is 144 Å². The van der Waals surface area contributed by atoms with E-state index in [-0.39, 0.29) is 18.2 Å². The highest BCUT2D eigenvalue weighted by molar-refractivity contribution is 7.09. The summed E-state index contributed by atoms with van der Waals surface area (Å²) in [6, 6.07) is 9.14. The van der Waals surface area contributed by atoms with Crippen LogP contribution in [0.3, 0.4) is 0 Å². The summed E-state index contributed by atoms with van der Waals surface area (Å²) in [6.07, 6.45) is 0.202. The van der Waals surface area contributed by atoms with E-state index < -0.39 is 6.04 Å². The fourth-order valence-corrected chi connectivity index (χ4v) is 3.29. The summed E-state index contributed by atoms with van der Waals surface area (Å²) in [5, 5.41) is 2.69. The largest absolute Gasteiger partial charge is 0.486 e. The third-order valence-corrected chi connectivity index (χ3v) is 4.79. The van der Waals surface area contributed by atoms with Gasteiger partial charge in [0, 0.05) is 12.4 Å². The van der Waals surface area contributed by atoms with Crippen LogP contribution in [0.15, 0.2) is 35.7 Å². The standard InChI is InChI=1S/C17H19N3O3S/c1-12-17(22)19(2)11-20(12)16(21)8-13-10-24-15(18-13)9-23-14-6-4-3-5-7-14/h3-7,10,12H,8-9,11H2,1-2H3. The van der Waals surface area contributed by atoms with Crippen LogP contribution in [0.25, 0.3) is 0 Å². The van der Waals surface area contributed by atoms with Gasteiger partial charge in [-0.15, -0.1) is 11.3 Å². The molecular formula is C17H19N3O3S. The average molecular weight is 345 g/mol. The Morgan fingerprint density at radius 3 is 2.79 bits per heavy atom. The van der Waals surface area contributed by atoms with Crippen LogP contribution in [0.5, 0.6) is 5.75 Å². The number of para-hydroxylation sites is 1. The lowest BCUT2D eigenvalue weighted by molar-refractivity contribution is -0.134. The first kappa shape index (κ1) is 16.4. The molecule has 7 heteroatoms. The van der Waals surface area contributed by atoms with E-state index in [1.165, 1.54) is 11.3 Å². The molecule has 126 valence electrons. The molecule has 0 spiro atoms. The minimum absolute atomic E-state index is 0.0291. The molecule has 24 heavy (non-hydrogen) atoms. The smallest absolute Gasteiger partial charge is 0.246 e. The number of hydrogen-bond acceptors (Lipinski definition) is 5. The van der Waals surface area contributed by atoms with Crippen LogP contribution in [0.1, 0.15) is 17.6 Å². The van der Waals surface area contributed by atoms with E-state index in [4.69, 9.17) is 4.74 Å². The monoisotopic (exact) mass is 345 g/mol.